The van der Waals surface area contributed by atoms with Gasteiger partial charge in [-0.05, 0) is 70.3 Å². The van der Waals surface area contributed by atoms with Crippen LogP contribution in [0.4, 0.5) is 0 Å². The quantitative estimate of drug-likeness (QED) is 0.505. The topological polar surface area (TPSA) is 79.3 Å². The summed E-state index contributed by atoms with van der Waals surface area (Å²) in [5.41, 5.74) is 4.01. The van der Waals surface area contributed by atoms with Crippen molar-refractivity contribution in [2.45, 2.75) is 13.0 Å². The average molecular weight is 396 g/mol. The molecule has 148 valence electrons. The van der Waals surface area contributed by atoms with Crippen molar-refractivity contribution in [3.05, 3.63) is 113 Å². The molecule has 0 radical (unpaired) electrons. The fraction of sp³-hybridized carbons (Fsp3) is 0.0800. The summed E-state index contributed by atoms with van der Waals surface area (Å²) < 4.78 is 0. The number of fused-ring (bicyclic) bond motifs is 1. The highest BCUT2D eigenvalue weighted by Gasteiger charge is 2.08. The number of nitrogens with zero attached hydrogens (tertiary/aromatic N) is 1. The van der Waals surface area contributed by atoms with Crippen LogP contribution in [0.5, 0.6) is 0 Å². The lowest BCUT2D eigenvalue weighted by Gasteiger charge is -2.08. The Labute approximate surface area is 174 Å². The molecule has 1 heterocycles. The molecule has 0 bridgehead atoms. The van der Waals surface area contributed by atoms with Gasteiger partial charge in [-0.3, -0.25) is 9.78 Å². The number of benzene rings is 3. The molecule has 0 spiro atoms. The maximum absolute atomic E-state index is 12.5. The summed E-state index contributed by atoms with van der Waals surface area (Å²) in [5, 5.41) is 14.0. The number of carbonyl (C=O) groups excluding carboxylic acids is 1. The maximum atomic E-state index is 12.5. The van der Waals surface area contributed by atoms with Crippen LogP contribution in [0, 0.1) is 0 Å². The van der Waals surface area contributed by atoms with Gasteiger partial charge in [-0.15, -0.1) is 0 Å². The zero-order chi connectivity index (χ0) is 20.9. The summed E-state index contributed by atoms with van der Waals surface area (Å²) in [6.07, 6.45) is 4.09. The molecule has 30 heavy (non-hydrogen) atoms. The first-order valence-corrected chi connectivity index (χ1v) is 9.60. The summed E-state index contributed by atoms with van der Waals surface area (Å²) in [6, 6.07) is 22.5. The number of rotatable bonds is 6. The second-order valence-corrected chi connectivity index (χ2v) is 7.11. The van der Waals surface area contributed by atoms with E-state index in [-0.39, 0.29) is 11.5 Å². The van der Waals surface area contributed by atoms with Crippen molar-refractivity contribution in [1.29, 1.82) is 0 Å². The molecule has 1 amide bonds. The second-order valence-electron chi connectivity index (χ2n) is 7.11. The average Bonchev–Trinajstić information content (AvgIpc) is 2.78. The van der Waals surface area contributed by atoms with Crippen LogP contribution in [0.3, 0.4) is 0 Å². The van der Waals surface area contributed by atoms with Crippen molar-refractivity contribution < 1.29 is 14.7 Å². The smallest absolute Gasteiger partial charge is 0.335 e. The van der Waals surface area contributed by atoms with Gasteiger partial charge in [-0.2, -0.15) is 0 Å². The lowest BCUT2D eigenvalue weighted by atomic mass is 9.99. The van der Waals surface area contributed by atoms with E-state index in [1.165, 1.54) is 0 Å². The number of aromatic nitrogens is 1. The van der Waals surface area contributed by atoms with E-state index in [4.69, 9.17) is 5.11 Å². The molecule has 1 aromatic heterocycles. The van der Waals surface area contributed by atoms with Gasteiger partial charge in [0.1, 0.15) is 0 Å². The van der Waals surface area contributed by atoms with Crippen LogP contribution in [0.15, 0.2) is 85.2 Å². The molecule has 0 fully saturated rings. The monoisotopic (exact) mass is 396 g/mol. The minimum atomic E-state index is -0.929. The number of nitrogens with one attached hydrogen (secondary N) is 1. The first kappa shape index (κ1) is 19.3. The van der Waals surface area contributed by atoms with Gasteiger partial charge in [0.25, 0.3) is 5.91 Å². The van der Waals surface area contributed by atoms with E-state index in [1.807, 2.05) is 48.5 Å². The molecule has 0 saturated carbocycles. The zero-order valence-electron chi connectivity index (χ0n) is 16.2. The van der Waals surface area contributed by atoms with Crippen molar-refractivity contribution in [3.63, 3.8) is 0 Å². The third-order valence-corrected chi connectivity index (χ3v) is 4.98. The maximum Gasteiger partial charge on any atom is 0.335 e. The van der Waals surface area contributed by atoms with Gasteiger partial charge < -0.3 is 10.4 Å². The molecular weight excluding hydrogens is 376 g/mol. The number of carboxylic acid groups (broad SMARTS) is 1. The van der Waals surface area contributed by atoms with E-state index in [0.29, 0.717) is 18.5 Å². The van der Waals surface area contributed by atoms with E-state index in [2.05, 4.69) is 22.4 Å². The van der Waals surface area contributed by atoms with Crippen LogP contribution >= 0.6 is 0 Å². The van der Waals surface area contributed by atoms with E-state index in [1.54, 1.807) is 24.5 Å². The lowest BCUT2D eigenvalue weighted by Crippen LogP contribution is -2.22. The molecule has 4 aromatic rings. The fourth-order valence-corrected chi connectivity index (χ4v) is 3.33. The van der Waals surface area contributed by atoms with Crippen LogP contribution in [0.2, 0.25) is 0 Å². The Morgan fingerprint density at radius 1 is 0.733 bits per heavy atom. The summed E-state index contributed by atoms with van der Waals surface area (Å²) in [5.74, 6) is -1.05. The minimum Gasteiger partial charge on any atom is -0.478 e. The Hall–Kier alpha value is -3.99. The molecule has 0 atom stereocenters. The van der Waals surface area contributed by atoms with Gasteiger partial charge in [0.05, 0.1) is 5.56 Å². The van der Waals surface area contributed by atoms with Crippen LogP contribution < -0.4 is 5.32 Å². The molecule has 2 N–H and O–H groups in total. The van der Waals surface area contributed by atoms with Crippen LogP contribution in [-0.4, -0.2) is 22.0 Å². The van der Waals surface area contributed by atoms with Gasteiger partial charge >= 0.3 is 5.97 Å². The third kappa shape index (κ3) is 4.52. The molecule has 0 aliphatic carbocycles. The van der Waals surface area contributed by atoms with Gasteiger partial charge in [-0.1, -0.05) is 36.4 Å². The van der Waals surface area contributed by atoms with Crippen molar-refractivity contribution in [1.82, 2.24) is 10.3 Å². The Bertz CT molecular complexity index is 1200. The van der Waals surface area contributed by atoms with Gasteiger partial charge in [0.2, 0.25) is 0 Å². The Morgan fingerprint density at radius 2 is 1.40 bits per heavy atom. The molecule has 3 aromatic carbocycles. The van der Waals surface area contributed by atoms with Crippen molar-refractivity contribution >= 4 is 22.6 Å². The molecular formula is C25H20N2O3. The highest BCUT2D eigenvalue weighted by Crippen LogP contribution is 2.20. The number of aromatic carboxylic acids is 1. The number of pyridine rings is 1. The summed E-state index contributed by atoms with van der Waals surface area (Å²) >= 11 is 0. The summed E-state index contributed by atoms with van der Waals surface area (Å²) in [6.45, 7) is 0.450. The first-order valence-electron chi connectivity index (χ1n) is 9.60. The van der Waals surface area contributed by atoms with Crippen LogP contribution in [-0.2, 0) is 13.0 Å². The first-order chi connectivity index (χ1) is 14.6. The molecule has 0 aliphatic rings. The molecule has 0 saturated heterocycles. The standard InChI is InChI=1S/C25H20N2O3/c28-24(27-16-18-9-11-26-12-10-18)22-8-7-20-4-3-19(14-23(20)15-22)13-17-1-5-21(6-2-17)25(29)30/h1-12,14-15H,13,16H2,(H,27,28)(H,29,30). The largest absolute Gasteiger partial charge is 0.478 e. The highest BCUT2D eigenvalue weighted by atomic mass is 16.4. The predicted octanol–water partition coefficient (Wildman–Crippen LogP) is 4.45. The summed E-state index contributed by atoms with van der Waals surface area (Å²) in [7, 11) is 0. The molecule has 5 nitrogen and oxygen atoms in total. The number of amides is 1. The third-order valence-electron chi connectivity index (χ3n) is 4.98. The molecule has 0 unspecified atom stereocenters. The number of carbonyl (C=O) groups is 2. The van der Waals surface area contributed by atoms with E-state index >= 15 is 0 Å². The van der Waals surface area contributed by atoms with Crippen molar-refractivity contribution in [3.8, 4) is 0 Å². The number of hydrogen-bond donors (Lipinski definition) is 2. The van der Waals surface area contributed by atoms with Crippen molar-refractivity contribution in [2.75, 3.05) is 0 Å². The van der Waals surface area contributed by atoms with Gasteiger partial charge in [0, 0.05) is 24.5 Å². The fourth-order valence-electron chi connectivity index (χ4n) is 3.33. The minimum absolute atomic E-state index is 0.122. The van der Waals surface area contributed by atoms with E-state index in [9.17, 15) is 9.59 Å². The Kier molecular flexibility index (Phi) is 5.52. The second kappa shape index (κ2) is 8.57. The zero-order valence-corrected chi connectivity index (χ0v) is 16.2. The van der Waals surface area contributed by atoms with Crippen molar-refractivity contribution in [2.24, 2.45) is 0 Å². The Balaban J connectivity index is 1.50. The van der Waals surface area contributed by atoms with E-state index < -0.39 is 5.97 Å². The van der Waals surface area contributed by atoms with Gasteiger partial charge in [0.15, 0.2) is 0 Å². The Morgan fingerprint density at radius 3 is 2.13 bits per heavy atom. The highest BCUT2D eigenvalue weighted by molar-refractivity contribution is 5.98. The predicted molar refractivity (Wildman–Crippen MR) is 116 cm³/mol. The number of hydrogen-bond acceptors (Lipinski definition) is 3. The molecule has 0 aliphatic heterocycles. The molecule has 4 rings (SSSR count). The normalized spacial score (nSPS) is 10.7. The van der Waals surface area contributed by atoms with Gasteiger partial charge in [-0.25, -0.2) is 4.79 Å². The summed E-state index contributed by atoms with van der Waals surface area (Å²) in [4.78, 5) is 27.5. The SMILES string of the molecule is O=C(O)c1ccc(Cc2ccc3ccc(C(=O)NCc4ccncc4)cc3c2)cc1. The van der Waals surface area contributed by atoms with E-state index in [0.717, 1.165) is 27.5 Å². The number of carboxylic acids is 1. The molecule has 5 heteroatoms. The lowest BCUT2D eigenvalue weighted by molar-refractivity contribution is 0.0696. The van der Waals surface area contributed by atoms with Crippen LogP contribution in [0.1, 0.15) is 37.4 Å². The van der Waals surface area contributed by atoms with Crippen LogP contribution in [0.25, 0.3) is 10.8 Å².